The maximum Gasteiger partial charge on any atom is 0.276 e. The molecule has 7 rings (SSSR count). The standard InChI is InChI=1S/C40H46N12O6/c1-6-51-29(15-22(3)47-51)37-43-21-27-26-17-24(35(41)54)19-31(57-5)33(26)49(38(27)45-37)11-8-9-12-50-34-28(18-25(36(42)55)20-32(34)58-14-10-13-53)44-40(50)46-39(56)30-16-23(4)48-52(30)7-2/h8-9,15-21,36,53,55H,6-7,10-14,42H2,1-5H3,(H2,41,54)(H,44,46,56)/b9-8+. The van der Waals surface area contributed by atoms with Crippen molar-refractivity contribution in [3.05, 3.63) is 83.0 Å². The molecule has 0 aliphatic rings. The lowest BCUT2D eigenvalue weighted by molar-refractivity contribution is 0.0995. The normalized spacial score (nSPS) is 12.3. The number of carbonyl (C=O) groups excluding carboxylic acids is 2. The maximum absolute atomic E-state index is 13.7. The predicted octanol–water partition coefficient (Wildman–Crippen LogP) is 3.98. The molecule has 1 atom stereocenters. The Morgan fingerprint density at radius 2 is 1.64 bits per heavy atom. The predicted molar refractivity (Wildman–Crippen MR) is 218 cm³/mol. The number of benzene rings is 2. The van der Waals surface area contributed by atoms with Crippen LogP contribution in [0.25, 0.3) is 44.5 Å². The summed E-state index contributed by atoms with van der Waals surface area (Å²) in [5.41, 5.74) is 17.2. The molecule has 7 N–H and O–H groups in total. The van der Waals surface area contributed by atoms with Gasteiger partial charge in [-0.1, -0.05) is 12.2 Å². The van der Waals surface area contributed by atoms with Gasteiger partial charge in [0.15, 0.2) is 5.82 Å². The number of ether oxygens (including phenoxy) is 2. The molecule has 0 aliphatic heterocycles. The van der Waals surface area contributed by atoms with Crippen molar-refractivity contribution in [2.45, 2.75) is 66.5 Å². The minimum Gasteiger partial charge on any atom is -0.495 e. The number of hydrogen-bond donors (Lipinski definition) is 5. The smallest absolute Gasteiger partial charge is 0.276 e. The first-order valence-electron chi connectivity index (χ1n) is 18.9. The number of anilines is 1. The molecule has 0 saturated heterocycles. The average molecular weight is 791 g/mol. The number of imidazole rings is 1. The second-order valence-corrected chi connectivity index (χ2v) is 13.7. The third-order valence-electron chi connectivity index (χ3n) is 9.73. The number of methoxy groups -OCH3 is 1. The number of carbonyl (C=O) groups is 2. The van der Waals surface area contributed by atoms with Crippen LogP contribution in [0.1, 0.15) is 64.3 Å². The van der Waals surface area contributed by atoms with E-state index in [9.17, 15) is 19.8 Å². The molecule has 0 saturated carbocycles. The van der Waals surface area contributed by atoms with E-state index in [1.807, 2.05) is 55.2 Å². The van der Waals surface area contributed by atoms with Gasteiger partial charge in [0.05, 0.1) is 36.1 Å². The number of fused-ring (bicyclic) bond motifs is 4. The van der Waals surface area contributed by atoms with Crippen molar-refractivity contribution in [3.63, 3.8) is 0 Å². The highest BCUT2D eigenvalue weighted by atomic mass is 16.5. The summed E-state index contributed by atoms with van der Waals surface area (Å²) in [6, 6.07) is 10.2. The monoisotopic (exact) mass is 790 g/mol. The molecule has 0 spiro atoms. The molecule has 7 aromatic rings. The van der Waals surface area contributed by atoms with Crippen LogP contribution in [0.2, 0.25) is 0 Å². The van der Waals surface area contributed by atoms with Gasteiger partial charge >= 0.3 is 0 Å². The van der Waals surface area contributed by atoms with Crippen molar-refractivity contribution in [2.24, 2.45) is 11.5 Å². The molecule has 0 bridgehead atoms. The summed E-state index contributed by atoms with van der Waals surface area (Å²) in [5, 5.41) is 33.1. The second kappa shape index (κ2) is 16.5. The van der Waals surface area contributed by atoms with E-state index in [1.54, 1.807) is 45.8 Å². The summed E-state index contributed by atoms with van der Waals surface area (Å²) in [7, 11) is 1.53. The van der Waals surface area contributed by atoms with Crippen LogP contribution in [0.4, 0.5) is 5.95 Å². The van der Waals surface area contributed by atoms with E-state index in [0.29, 0.717) is 93.3 Å². The average Bonchev–Trinajstić information content (AvgIpc) is 3.97. The van der Waals surface area contributed by atoms with Crippen LogP contribution in [-0.2, 0) is 26.2 Å². The molecule has 0 fully saturated rings. The largest absolute Gasteiger partial charge is 0.495 e. The fraction of sp³-hybridized carbons (Fsp3) is 0.325. The van der Waals surface area contributed by atoms with Crippen LogP contribution >= 0.6 is 0 Å². The number of primary amides is 1. The SMILES string of the molecule is CCn1nc(C)cc1C(=O)Nc1nc2cc(C(N)O)cc(OCCCO)c2n1C/C=C/Cn1c2nc(-c3cc(C)nn3CC)ncc2c2cc(C(N)=O)cc(OC)c21. The molecular formula is C40H46N12O6. The summed E-state index contributed by atoms with van der Waals surface area (Å²) in [6.45, 7) is 9.37. The van der Waals surface area contributed by atoms with Crippen LogP contribution in [-0.4, -0.2) is 86.0 Å². The van der Waals surface area contributed by atoms with Gasteiger partial charge < -0.3 is 40.3 Å². The number of nitrogens with one attached hydrogen (secondary N) is 1. The van der Waals surface area contributed by atoms with Crippen molar-refractivity contribution in [1.29, 1.82) is 0 Å². The van der Waals surface area contributed by atoms with Gasteiger partial charge in [0.1, 0.15) is 40.3 Å². The summed E-state index contributed by atoms with van der Waals surface area (Å²) in [6.07, 6.45) is 4.65. The highest BCUT2D eigenvalue weighted by Crippen LogP contribution is 2.37. The number of allylic oxidation sites excluding steroid dienone is 2. The molecular weight excluding hydrogens is 745 g/mol. The fourth-order valence-corrected chi connectivity index (χ4v) is 7.08. The highest BCUT2D eigenvalue weighted by Gasteiger charge is 2.23. The van der Waals surface area contributed by atoms with Gasteiger partial charge in [0, 0.05) is 67.3 Å². The molecule has 58 heavy (non-hydrogen) atoms. The number of aryl methyl sites for hydroxylation is 4. The van der Waals surface area contributed by atoms with Crippen LogP contribution in [0.15, 0.2) is 54.7 Å². The molecule has 302 valence electrons. The second-order valence-electron chi connectivity index (χ2n) is 13.7. The number of amides is 2. The first kappa shape index (κ1) is 39.6. The van der Waals surface area contributed by atoms with Crippen molar-refractivity contribution < 1.29 is 29.3 Å². The van der Waals surface area contributed by atoms with Gasteiger partial charge in [-0.05, 0) is 64.1 Å². The Morgan fingerprint density at radius 3 is 2.33 bits per heavy atom. The van der Waals surface area contributed by atoms with E-state index >= 15 is 0 Å². The van der Waals surface area contributed by atoms with Crippen molar-refractivity contribution in [1.82, 2.24) is 43.6 Å². The van der Waals surface area contributed by atoms with Gasteiger partial charge in [0.25, 0.3) is 5.91 Å². The molecule has 18 heteroatoms. The van der Waals surface area contributed by atoms with E-state index in [0.717, 1.165) is 11.4 Å². The molecule has 0 radical (unpaired) electrons. The molecule has 2 amide bonds. The number of hydrogen-bond acceptors (Lipinski definition) is 12. The maximum atomic E-state index is 13.7. The highest BCUT2D eigenvalue weighted by molar-refractivity contribution is 6.11. The number of nitrogens with two attached hydrogens (primary N) is 2. The molecule has 2 aromatic carbocycles. The van der Waals surface area contributed by atoms with E-state index in [1.165, 1.54) is 7.11 Å². The van der Waals surface area contributed by atoms with Gasteiger partial charge in [-0.2, -0.15) is 10.2 Å². The minimum atomic E-state index is -1.31. The fourth-order valence-electron chi connectivity index (χ4n) is 7.08. The van der Waals surface area contributed by atoms with E-state index in [4.69, 9.17) is 35.9 Å². The summed E-state index contributed by atoms with van der Waals surface area (Å²) in [4.78, 5) is 40.6. The molecule has 18 nitrogen and oxygen atoms in total. The van der Waals surface area contributed by atoms with Crippen molar-refractivity contribution in [2.75, 3.05) is 25.6 Å². The molecule has 1 unspecified atom stereocenters. The Morgan fingerprint density at radius 1 is 0.914 bits per heavy atom. The lowest BCUT2D eigenvalue weighted by atomic mass is 10.1. The van der Waals surface area contributed by atoms with Crippen LogP contribution < -0.4 is 26.3 Å². The molecule has 5 aromatic heterocycles. The van der Waals surface area contributed by atoms with Gasteiger partial charge in [0.2, 0.25) is 11.9 Å². The van der Waals surface area contributed by atoms with E-state index in [2.05, 4.69) is 15.5 Å². The topological polar surface area (TPSA) is 241 Å². The zero-order valence-corrected chi connectivity index (χ0v) is 32.9. The van der Waals surface area contributed by atoms with Crippen LogP contribution in [0, 0.1) is 13.8 Å². The summed E-state index contributed by atoms with van der Waals surface area (Å²) in [5.74, 6) is 0.496. The lowest BCUT2D eigenvalue weighted by Crippen LogP contribution is -2.20. The summed E-state index contributed by atoms with van der Waals surface area (Å²) >= 11 is 0. The van der Waals surface area contributed by atoms with Crippen LogP contribution in [0.3, 0.4) is 0 Å². The Kier molecular flexibility index (Phi) is 11.2. The van der Waals surface area contributed by atoms with E-state index in [-0.39, 0.29) is 31.3 Å². The van der Waals surface area contributed by atoms with Crippen LogP contribution in [0.5, 0.6) is 11.5 Å². The van der Waals surface area contributed by atoms with Gasteiger partial charge in [-0.15, -0.1) is 0 Å². The molecule has 5 heterocycles. The minimum absolute atomic E-state index is 0.0815. The number of aliphatic hydroxyl groups is 2. The van der Waals surface area contributed by atoms with E-state index < -0.39 is 18.0 Å². The first-order chi connectivity index (χ1) is 28.0. The lowest BCUT2D eigenvalue weighted by Gasteiger charge is -2.14. The Hall–Kier alpha value is -6.63. The Labute approximate surface area is 332 Å². The van der Waals surface area contributed by atoms with Gasteiger partial charge in [-0.25, -0.2) is 15.0 Å². The number of rotatable bonds is 16. The zero-order chi connectivity index (χ0) is 41.2. The Balaban J connectivity index is 1.33. The molecule has 0 aliphatic carbocycles. The first-order valence-corrected chi connectivity index (χ1v) is 18.9. The third kappa shape index (κ3) is 7.47. The number of aliphatic hydroxyl groups excluding tert-OH is 2. The van der Waals surface area contributed by atoms with Crippen molar-refractivity contribution in [3.8, 4) is 23.0 Å². The Bertz CT molecular complexity index is 2700. The van der Waals surface area contributed by atoms with Gasteiger partial charge in [-0.3, -0.25) is 24.3 Å². The third-order valence-corrected chi connectivity index (χ3v) is 9.73. The zero-order valence-electron chi connectivity index (χ0n) is 32.9. The number of aromatic nitrogens is 9. The summed E-state index contributed by atoms with van der Waals surface area (Å²) < 4.78 is 19.2. The number of nitrogens with zero attached hydrogens (tertiary/aromatic N) is 9. The quantitative estimate of drug-likeness (QED) is 0.0531. The van der Waals surface area contributed by atoms with Crippen molar-refractivity contribution >= 4 is 50.7 Å².